The van der Waals surface area contributed by atoms with E-state index in [-0.39, 0.29) is 11.6 Å². The molecule has 0 aliphatic carbocycles. The molecule has 1 saturated heterocycles. The third kappa shape index (κ3) is 3.87. The van der Waals surface area contributed by atoms with E-state index in [2.05, 4.69) is 45.0 Å². The van der Waals surface area contributed by atoms with Crippen LogP contribution in [0.3, 0.4) is 0 Å². The van der Waals surface area contributed by atoms with Crippen molar-refractivity contribution in [3.63, 3.8) is 0 Å². The first-order valence-electron chi connectivity index (χ1n) is 6.77. The van der Waals surface area contributed by atoms with Crippen LogP contribution in [0.2, 0.25) is 19.6 Å². The van der Waals surface area contributed by atoms with Gasteiger partial charge in [-0.1, -0.05) is 25.6 Å². The van der Waals surface area contributed by atoms with Crippen LogP contribution in [-0.2, 0) is 0 Å². The molecule has 106 valence electrons. The predicted octanol–water partition coefficient (Wildman–Crippen LogP) is 2.96. The molecule has 1 aliphatic rings. The lowest BCUT2D eigenvalue weighted by molar-refractivity contribution is 0.149. The van der Waals surface area contributed by atoms with Crippen molar-refractivity contribution in [2.75, 3.05) is 20.6 Å². The molecular weight excluding hydrogens is 252 g/mol. The van der Waals surface area contributed by atoms with Crippen molar-refractivity contribution in [2.24, 2.45) is 0 Å². The van der Waals surface area contributed by atoms with Crippen molar-refractivity contribution in [3.05, 3.63) is 11.6 Å². The highest BCUT2D eigenvalue weighted by atomic mass is 28.3. The number of carbonyl (C=O) groups excluding carboxylic acids is 1. The molecule has 0 aromatic rings. The molecule has 4 heteroatoms. The average Bonchev–Trinajstić information content (AvgIpc) is 2.51. The SMILES string of the molecule is CN(C)C(=O)N1CC/C(=C\C#C[Si](C)(C)C)C1(C)C. The van der Waals surface area contributed by atoms with E-state index in [1.54, 1.807) is 19.0 Å². The van der Waals surface area contributed by atoms with Gasteiger partial charge in [0.15, 0.2) is 0 Å². The maximum Gasteiger partial charge on any atom is 0.320 e. The molecule has 1 rings (SSSR count). The normalized spacial score (nSPS) is 20.2. The smallest absolute Gasteiger partial charge is 0.320 e. The minimum Gasteiger partial charge on any atom is -0.331 e. The first-order chi connectivity index (χ1) is 8.55. The monoisotopic (exact) mass is 278 g/mol. The highest BCUT2D eigenvalue weighted by Crippen LogP contribution is 2.34. The van der Waals surface area contributed by atoms with Gasteiger partial charge in [0.2, 0.25) is 0 Å². The Morgan fingerprint density at radius 3 is 2.42 bits per heavy atom. The van der Waals surface area contributed by atoms with E-state index in [0.29, 0.717) is 0 Å². The van der Waals surface area contributed by atoms with Gasteiger partial charge in [-0.25, -0.2) is 4.79 Å². The molecule has 0 bridgehead atoms. The van der Waals surface area contributed by atoms with Crippen molar-refractivity contribution in [1.29, 1.82) is 0 Å². The Morgan fingerprint density at radius 2 is 1.95 bits per heavy atom. The van der Waals surface area contributed by atoms with Crippen LogP contribution in [0.25, 0.3) is 0 Å². The summed E-state index contributed by atoms with van der Waals surface area (Å²) >= 11 is 0. The van der Waals surface area contributed by atoms with Crippen LogP contribution in [0.4, 0.5) is 4.79 Å². The first kappa shape index (κ1) is 15.8. The molecule has 19 heavy (non-hydrogen) atoms. The molecule has 1 aliphatic heterocycles. The van der Waals surface area contributed by atoms with Crippen LogP contribution < -0.4 is 0 Å². The molecule has 0 unspecified atom stereocenters. The second kappa shape index (κ2) is 5.42. The van der Waals surface area contributed by atoms with Gasteiger partial charge in [-0.2, -0.15) is 0 Å². The van der Waals surface area contributed by atoms with E-state index in [4.69, 9.17) is 0 Å². The fourth-order valence-electron chi connectivity index (χ4n) is 2.16. The van der Waals surface area contributed by atoms with Crippen LogP contribution in [-0.4, -0.2) is 50.1 Å². The average molecular weight is 278 g/mol. The van der Waals surface area contributed by atoms with Gasteiger partial charge in [-0.05, 0) is 31.9 Å². The summed E-state index contributed by atoms with van der Waals surface area (Å²) in [5.74, 6) is 3.21. The Kier molecular flexibility index (Phi) is 4.52. The minimum absolute atomic E-state index is 0.0755. The number of urea groups is 1. The summed E-state index contributed by atoms with van der Waals surface area (Å²) in [4.78, 5) is 15.7. The topological polar surface area (TPSA) is 23.6 Å². The lowest BCUT2D eigenvalue weighted by Crippen LogP contribution is -2.48. The number of likely N-dealkylation sites (tertiary alicyclic amines) is 1. The Hall–Kier alpha value is -1.21. The van der Waals surface area contributed by atoms with E-state index in [1.807, 2.05) is 11.0 Å². The zero-order valence-electron chi connectivity index (χ0n) is 13.3. The summed E-state index contributed by atoms with van der Waals surface area (Å²) < 4.78 is 0. The Bertz CT molecular complexity index is 447. The highest BCUT2D eigenvalue weighted by Gasteiger charge is 2.39. The number of hydrogen-bond acceptors (Lipinski definition) is 1. The van der Waals surface area contributed by atoms with Gasteiger partial charge in [-0.3, -0.25) is 0 Å². The van der Waals surface area contributed by atoms with E-state index >= 15 is 0 Å². The van der Waals surface area contributed by atoms with Gasteiger partial charge in [0.05, 0.1) is 5.54 Å². The Labute approximate surface area is 118 Å². The predicted molar refractivity (Wildman–Crippen MR) is 83.7 cm³/mol. The largest absolute Gasteiger partial charge is 0.331 e. The molecule has 0 aromatic carbocycles. The third-order valence-corrected chi connectivity index (χ3v) is 4.27. The minimum atomic E-state index is -1.33. The van der Waals surface area contributed by atoms with Crippen molar-refractivity contribution in [1.82, 2.24) is 9.80 Å². The molecule has 0 aromatic heterocycles. The number of carbonyl (C=O) groups is 1. The quantitative estimate of drug-likeness (QED) is 0.493. The molecule has 2 amide bonds. The summed E-state index contributed by atoms with van der Waals surface area (Å²) in [6.07, 6.45) is 2.95. The standard InChI is InChI=1S/C15H26N2OSi/c1-15(2)13(9-8-12-19(5,6)7)10-11-17(15)14(18)16(3)4/h9H,10-11H2,1-7H3/b13-9+. The summed E-state index contributed by atoms with van der Waals surface area (Å²) in [5.41, 5.74) is 4.38. The molecule has 3 nitrogen and oxygen atoms in total. The van der Waals surface area contributed by atoms with Crippen molar-refractivity contribution in [3.8, 4) is 11.5 Å². The second-order valence-corrected chi connectivity index (χ2v) is 11.6. The molecule has 0 N–H and O–H groups in total. The summed E-state index contributed by atoms with van der Waals surface area (Å²) in [6, 6.07) is 0.0755. The number of rotatable bonds is 0. The maximum atomic E-state index is 12.1. The number of nitrogens with zero attached hydrogens (tertiary/aromatic N) is 2. The summed E-state index contributed by atoms with van der Waals surface area (Å²) in [6.45, 7) is 11.7. The summed E-state index contributed by atoms with van der Waals surface area (Å²) in [7, 11) is 2.27. The number of allylic oxidation sites excluding steroid dienone is 1. The van der Waals surface area contributed by atoms with Crippen molar-refractivity contribution >= 4 is 14.1 Å². The van der Waals surface area contributed by atoms with Gasteiger partial charge in [0.1, 0.15) is 8.07 Å². The van der Waals surface area contributed by atoms with Gasteiger partial charge < -0.3 is 9.80 Å². The Balaban J connectivity index is 2.93. The molecule has 0 radical (unpaired) electrons. The van der Waals surface area contributed by atoms with E-state index in [1.165, 1.54) is 5.57 Å². The van der Waals surface area contributed by atoms with Gasteiger partial charge >= 0.3 is 6.03 Å². The second-order valence-electron chi connectivity index (χ2n) is 6.83. The highest BCUT2D eigenvalue weighted by molar-refractivity contribution is 6.83. The Morgan fingerprint density at radius 1 is 1.37 bits per heavy atom. The fourth-order valence-corrected chi connectivity index (χ4v) is 2.66. The molecule has 0 spiro atoms. The zero-order chi connectivity index (χ0) is 14.8. The molecule has 1 heterocycles. The molecule has 0 saturated carbocycles. The van der Waals surface area contributed by atoms with E-state index in [9.17, 15) is 4.79 Å². The van der Waals surface area contributed by atoms with Crippen molar-refractivity contribution < 1.29 is 4.79 Å². The first-order valence-corrected chi connectivity index (χ1v) is 10.3. The van der Waals surface area contributed by atoms with Crippen LogP contribution in [0.1, 0.15) is 20.3 Å². The number of amides is 2. The van der Waals surface area contributed by atoms with Crippen LogP contribution in [0, 0.1) is 11.5 Å². The van der Waals surface area contributed by atoms with Crippen LogP contribution in [0.15, 0.2) is 11.6 Å². The lowest BCUT2D eigenvalue weighted by atomic mass is 9.95. The fraction of sp³-hybridized carbons (Fsp3) is 0.667. The van der Waals surface area contributed by atoms with Gasteiger partial charge in [-0.15, -0.1) is 5.54 Å². The molecule has 0 atom stereocenters. The van der Waals surface area contributed by atoms with Crippen molar-refractivity contribution in [2.45, 2.75) is 45.4 Å². The van der Waals surface area contributed by atoms with Gasteiger partial charge in [0, 0.05) is 20.6 Å². The van der Waals surface area contributed by atoms with Gasteiger partial charge in [0.25, 0.3) is 0 Å². The van der Waals surface area contributed by atoms with Crippen LogP contribution in [0.5, 0.6) is 0 Å². The number of hydrogen-bond donors (Lipinski definition) is 0. The maximum absolute atomic E-state index is 12.1. The van der Waals surface area contributed by atoms with Crippen LogP contribution >= 0.6 is 0 Å². The molecular formula is C15H26N2OSi. The zero-order valence-corrected chi connectivity index (χ0v) is 14.3. The molecule has 1 fully saturated rings. The summed E-state index contributed by atoms with van der Waals surface area (Å²) in [5, 5.41) is 0. The lowest BCUT2D eigenvalue weighted by Gasteiger charge is -2.34. The van der Waals surface area contributed by atoms with E-state index in [0.717, 1.165) is 13.0 Å². The third-order valence-electron chi connectivity index (χ3n) is 3.37. The van der Waals surface area contributed by atoms with E-state index < -0.39 is 8.07 Å².